The van der Waals surface area contributed by atoms with Gasteiger partial charge >= 0.3 is 0 Å². The monoisotopic (exact) mass is 306 g/mol. The molecule has 116 valence electrons. The number of hydrogen-bond acceptors (Lipinski definition) is 3. The molecule has 1 fully saturated rings. The van der Waals surface area contributed by atoms with E-state index in [2.05, 4.69) is 11.0 Å². The van der Waals surface area contributed by atoms with Crippen LogP contribution in [-0.4, -0.2) is 25.4 Å². The number of carbonyl (C=O) groups is 2. The molecule has 0 radical (unpaired) electrons. The van der Waals surface area contributed by atoms with Crippen molar-refractivity contribution in [1.29, 1.82) is 0 Å². The highest BCUT2D eigenvalue weighted by Crippen LogP contribution is 2.45. The Kier molecular flexibility index (Phi) is 3.01. The molecule has 2 atom stereocenters. The Bertz CT molecular complexity index is 800. The van der Waals surface area contributed by atoms with Gasteiger partial charge in [0.25, 0.3) is 0 Å². The molecule has 0 aromatic heterocycles. The number of imide groups is 1. The van der Waals surface area contributed by atoms with Gasteiger partial charge in [0.1, 0.15) is 0 Å². The fourth-order valence-corrected chi connectivity index (χ4v) is 3.73. The maximum Gasteiger partial charge on any atom is 0.242 e. The Morgan fingerprint density at radius 3 is 2.48 bits per heavy atom. The zero-order valence-electron chi connectivity index (χ0n) is 13.2. The molecular formula is C19H18N2O2. The maximum atomic E-state index is 13.0. The van der Waals surface area contributed by atoms with Crippen LogP contribution in [0.25, 0.3) is 0 Å². The third kappa shape index (κ3) is 1.98. The Balaban J connectivity index is 1.83. The van der Waals surface area contributed by atoms with E-state index in [-0.39, 0.29) is 23.7 Å². The lowest BCUT2D eigenvalue weighted by atomic mass is 9.83. The smallest absolute Gasteiger partial charge is 0.242 e. The Morgan fingerprint density at radius 1 is 1.00 bits per heavy atom. The SMILES string of the molecule is Cc1ccc2c(c1)N(C)CC1C(=O)N(c3ccccc3)C(=O)C21. The number of amides is 2. The van der Waals surface area contributed by atoms with E-state index in [4.69, 9.17) is 0 Å². The molecule has 2 unspecified atom stereocenters. The molecule has 23 heavy (non-hydrogen) atoms. The molecule has 0 spiro atoms. The van der Waals surface area contributed by atoms with E-state index >= 15 is 0 Å². The van der Waals surface area contributed by atoms with Crippen molar-refractivity contribution in [2.45, 2.75) is 12.8 Å². The van der Waals surface area contributed by atoms with E-state index in [1.54, 1.807) is 0 Å². The molecule has 2 aliphatic heterocycles. The lowest BCUT2D eigenvalue weighted by molar-refractivity contribution is -0.122. The summed E-state index contributed by atoms with van der Waals surface area (Å²) in [5.41, 5.74) is 3.84. The molecule has 0 N–H and O–H groups in total. The molecule has 4 nitrogen and oxygen atoms in total. The van der Waals surface area contributed by atoms with Gasteiger partial charge in [-0.1, -0.05) is 30.3 Å². The fraction of sp³-hybridized carbons (Fsp3) is 0.263. The minimum atomic E-state index is -0.366. The molecule has 2 aliphatic rings. The summed E-state index contributed by atoms with van der Waals surface area (Å²) >= 11 is 0. The third-order valence-electron chi connectivity index (χ3n) is 4.84. The minimum Gasteiger partial charge on any atom is -0.374 e. The summed E-state index contributed by atoms with van der Waals surface area (Å²) < 4.78 is 0. The Labute approximate surface area is 135 Å². The van der Waals surface area contributed by atoms with Crippen molar-refractivity contribution in [3.05, 3.63) is 59.7 Å². The van der Waals surface area contributed by atoms with Crippen molar-refractivity contribution in [2.75, 3.05) is 23.4 Å². The van der Waals surface area contributed by atoms with E-state index in [0.717, 1.165) is 16.8 Å². The summed E-state index contributed by atoms with van der Waals surface area (Å²) in [6, 6.07) is 15.3. The van der Waals surface area contributed by atoms with Crippen LogP contribution in [0.1, 0.15) is 17.0 Å². The Hall–Kier alpha value is -2.62. The topological polar surface area (TPSA) is 40.6 Å². The van der Waals surface area contributed by atoms with Crippen LogP contribution in [0.15, 0.2) is 48.5 Å². The second kappa shape index (κ2) is 4.95. The van der Waals surface area contributed by atoms with Gasteiger partial charge in [0.05, 0.1) is 17.5 Å². The van der Waals surface area contributed by atoms with Crippen LogP contribution in [0.5, 0.6) is 0 Å². The van der Waals surface area contributed by atoms with Crippen LogP contribution in [0, 0.1) is 12.8 Å². The number of anilines is 2. The number of hydrogen-bond donors (Lipinski definition) is 0. The lowest BCUT2D eigenvalue weighted by Crippen LogP contribution is -2.37. The first kappa shape index (κ1) is 14.0. The van der Waals surface area contributed by atoms with Gasteiger partial charge in [0.2, 0.25) is 11.8 Å². The van der Waals surface area contributed by atoms with E-state index in [0.29, 0.717) is 12.2 Å². The van der Waals surface area contributed by atoms with Crippen molar-refractivity contribution in [2.24, 2.45) is 5.92 Å². The van der Waals surface area contributed by atoms with E-state index in [9.17, 15) is 9.59 Å². The molecule has 0 bridgehead atoms. The first-order valence-corrected chi connectivity index (χ1v) is 7.82. The lowest BCUT2D eigenvalue weighted by Gasteiger charge is -2.33. The number of benzene rings is 2. The van der Waals surface area contributed by atoms with Crippen molar-refractivity contribution in [3.63, 3.8) is 0 Å². The summed E-state index contributed by atoms with van der Waals surface area (Å²) in [5.74, 6) is -0.869. The standard InChI is InChI=1S/C19H18N2O2/c1-12-8-9-14-16(10-12)20(2)11-15-17(14)19(23)21(18(15)22)13-6-4-3-5-7-13/h3-10,15,17H,11H2,1-2H3. The minimum absolute atomic E-state index is 0.0933. The predicted molar refractivity (Wildman–Crippen MR) is 89.6 cm³/mol. The van der Waals surface area contributed by atoms with Crippen LogP contribution < -0.4 is 9.80 Å². The van der Waals surface area contributed by atoms with Gasteiger partial charge in [-0.25, -0.2) is 4.90 Å². The van der Waals surface area contributed by atoms with E-state index in [1.165, 1.54) is 4.90 Å². The molecule has 0 saturated carbocycles. The van der Waals surface area contributed by atoms with Gasteiger partial charge in [0.15, 0.2) is 0 Å². The molecule has 2 aromatic rings. The summed E-state index contributed by atoms with van der Waals surface area (Å²) in [4.78, 5) is 29.3. The highest BCUT2D eigenvalue weighted by molar-refractivity contribution is 6.24. The van der Waals surface area contributed by atoms with E-state index in [1.807, 2.05) is 56.4 Å². The average molecular weight is 306 g/mol. The largest absolute Gasteiger partial charge is 0.374 e. The maximum absolute atomic E-state index is 13.0. The van der Waals surface area contributed by atoms with Crippen LogP contribution in [-0.2, 0) is 9.59 Å². The summed E-state index contributed by atoms with van der Waals surface area (Å²) in [6.45, 7) is 2.62. The van der Waals surface area contributed by atoms with Crippen LogP contribution in [0.3, 0.4) is 0 Å². The highest BCUT2D eigenvalue weighted by atomic mass is 16.2. The van der Waals surface area contributed by atoms with Gasteiger partial charge in [-0.3, -0.25) is 9.59 Å². The van der Waals surface area contributed by atoms with Gasteiger partial charge in [-0.2, -0.15) is 0 Å². The first-order chi connectivity index (χ1) is 11.1. The van der Waals surface area contributed by atoms with Gasteiger partial charge in [-0.05, 0) is 36.2 Å². The number of fused-ring (bicyclic) bond motifs is 3. The van der Waals surface area contributed by atoms with Crippen molar-refractivity contribution in [3.8, 4) is 0 Å². The second-order valence-corrected chi connectivity index (χ2v) is 6.37. The highest BCUT2D eigenvalue weighted by Gasteiger charge is 2.52. The van der Waals surface area contributed by atoms with Crippen molar-refractivity contribution in [1.82, 2.24) is 0 Å². The van der Waals surface area contributed by atoms with E-state index < -0.39 is 0 Å². The second-order valence-electron chi connectivity index (χ2n) is 6.37. The molecule has 1 saturated heterocycles. The summed E-state index contributed by atoms with van der Waals surface area (Å²) in [5, 5.41) is 0. The van der Waals surface area contributed by atoms with Crippen LogP contribution in [0.4, 0.5) is 11.4 Å². The van der Waals surface area contributed by atoms with Gasteiger partial charge in [-0.15, -0.1) is 0 Å². The zero-order chi connectivity index (χ0) is 16.1. The first-order valence-electron chi connectivity index (χ1n) is 7.82. The number of nitrogens with zero attached hydrogens (tertiary/aromatic N) is 2. The summed E-state index contributed by atoms with van der Waals surface area (Å²) in [7, 11) is 1.98. The van der Waals surface area contributed by atoms with Crippen molar-refractivity contribution < 1.29 is 9.59 Å². The Morgan fingerprint density at radius 2 is 1.74 bits per heavy atom. The molecule has 2 heterocycles. The molecule has 2 amide bonds. The normalized spacial score (nSPS) is 23.0. The quantitative estimate of drug-likeness (QED) is 0.761. The third-order valence-corrected chi connectivity index (χ3v) is 4.84. The van der Waals surface area contributed by atoms with Gasteiger partial charge in [0, 0.05) is 19.3 Å². The molecule has 4 heteroatoms. The number of para-hydroxylation sites is 1. The fourth-order valence-electron chi connectivity index (χ4n) is 3.73. The van der Waals surface area contributed by atoms with Crippen LogP contribution in [0.2, 0.25) is 0 Å². The molecular weight excluding hydrogens is 288 g/mol. The summed E-state index contributed by atoms with van der Waals surface area (Å²) in [6.07, 6.45) is 0. The number of rotatable bonds is 1. The number of aryl methyl sites for hydroxylation is 1. The molecule has 0 aliphatic carbocycles. The molecule has 4 rings (SSSR count). The zero-order valence-corrected chi connectivity index (χ0v) is 13.2. The van der Waals surface area contributed by atoms with Gasteiger partial charge < -0.3 is 4.90 Å². The molecule has 2 aromatic carbocycles. The number of carbonyl (C=O) groups excluding carboxylic acids is 2. The van der Waals surface area contributed by atoms with Crippen LogP contribution >= 0.6 is 0 Å². The average Bonchev–Trinajstić information content (AvgIpc) is 2.80. The van der Waals surface area contributed by atoms with Crippen molar-refractivity contribution >= 4 is 23.2 Å². The predicted octanol–water partition coefficient (Wildman–Crippen LogP) is 2.72.